The van der Waals surface area contributed by atoms with Crippen LogP contribution in [-0.2, 0) is 21.5 Å². The van der Waals surface area contributed by atoms with E-state index >= 15 is 4.79 Å². The molecule has 0 unspecified atom stereocenters. The van der Waals surface area contributed by atoms with Crippen LogP contribution in [0.1, 0.15) is 35.1 Å². The number of aromatic hydroxyl groups is 1. The molecule has 1 saturated heterocycles. The SMILES string of the molecule is Cc1ccc(NN2C(=O)[C@@H]3C[C@@H]4C(=CCn5c(=O)n(-c6ccccc6)c(=O)n54)[C@H](c4ccc(O)cc4)[C@]3(c3ccccc3)C2=O)cc1. The summed E-state index contributed by atoms with van der Waals surface area (Å²) in [5, 5.41) is 11.4. The fraction of sp³-hybridized carbons (Fsp3) is 0.189. The highest BCUT2D eigenvalue weighted by Gasteiger charge is 2.68. The highest BCUT2D eigenvalue weighted by molar-refractivity contribution is 6.12. The van der Waals surface area contributed by atoms with Crippen molar-refractivity contribution < 1.29 is 14.7 Å². The van der Waals surface area contributed by atoms with Crippen LogP contribution in [0.4, 0.5) is 5.69 Å². The number of carbonyl (C=O) groups excluding carboxylic acids is 2. The third kappa shape index (κ3) is 4.10. The Balaban J connectivity index is 1.36. The van der Waals surface area contributed by atoms with Crippen molar-refractivity contribution in [2.45, 2.75) is 37.3 Å². The number of aryl methyl sites for hydroxylation is 1. The summed E-state index contributed by atoms with van der Waals surface area (Å²) >= 11 is 0. The summed E-state index contributed by atoms with van der Waals surface area (Å²) in [5.74, 6) is -2.37. The van der Waals surface area contributed by atoms with Crippen molar-refractivity contribution in [3.63, 3.8) is 0 Å². The molecule has 3 aliphatic rings. The molecule has 2 amide bonds. The fourth-order valence-corrected chi connectivity index (χ4v) is 7.85. The number of imide groups is 1. The number of hydrazine groups is 1. The molecule has 3 heterocycles. The van der Waals surface area contributed by atoms with Crippen molar-refractivity contribution in [1.29, 1.82) is 0 Å². The first-order chi connectivity index (χ1) is 22.8. The molecule has 47 heavy (non-hydrogen) atoms. The predicted octanol–water partition coefficient (Wildman–Crippen LogP) is 4.43. The van der Waals surface area contributed by atoms with E-state index in [0.29, 0.717) is 22.5 Å². The molecule has 0 bridgehead atoms. The number of nitrogens with zero attached hydrogens (tertiary/aromatic N) is 4. The number of carbonyl (C=O) groups is 2. The monoisotopic (exact) mass is 625 g/mol. The number of fused-ring (bicyclic) bond motifs is 4. The van der Waals surface area contributed by atoms with E-state index in [4.69, 9.17) is 0 Å². The van der Waals surface area contributed by atoms with Gasteiger partial charge in [-0.25, -0.2) is 23.5 Å². The van der Waals surface area contributed by atoms with Crippen LogP contribution in [-0.4, -0.2) is 35.9 Å². The summed E-state index contributed by atoms with van der Waals surface area (Å²) < 4.78 is 4.02. The molecule has 2 fully saturated rings. The van der Waals surface area contributed by atoms with Gasteiger partial charge in [0.15, 0.2) is 0 Å². The molecule has 0 radical (unpaired) electrons. The Bertz CT molecular complexity index is 2180. The number of phenols is 1. The van der Waals surface area contributed by atoms with Gasteiger partial charge in [0, 0.05) is 5.92 Å². The highest BCUT2D eigenvalue weighted by atomic mass is 16.3. The lowest BCUT2D eigenvalue weighted by Crippen LogP contribution is -2.53. The van der Waals surface area contributed by atoms with Gasteiger partial charge in [0.2, 0.25) is 0 Å². The summed E-state index contributed by atoms with van der Waals surface area (Å²) in [4.78, 5) is 57.6. The zero-order chi connectivity index (χ0) is 32.4. The minimum absolute atomic E-state index is 0.0607. The predicted molar refractivity (Wildman–Crippen MR) is 175 cm³/mol. The molecule has 10 heteroatoms. The van der Waals surface area contributed by atoms with E-state index < -0.39 is 46.5 Å². The lowest BCUT2D eigenvalue weighted by Gasteiger charge is -2.49. The van der Waals surface area contributed by atoms with Gasteiger partial charge in [-0.05, 0) is 66.4 Å². The van der Waals surface area contributed by atoms with Crippen LogP contribution in [0.5, 0.6) is 5.75 Å². The third-order valence-corrected chi connectivity index (χ3v) is 9.90. The number of anilines is 1. The Morgan fingerprint density at radius 3 is 2.13 bits per heavy atom. The molecule has 2 aliphatic heterocycles. The summed E-state index contributed by atoms with van der Waals surface area (Å²) in [6.45, 7) is 2.07. The molecule has 5 aromatic rings. The number of nitrogens with one attached hydrogen (secondary N) is 1. The Hall–Kier alpha value is -5.90. The Kier molecular flexibility index (Phi) is 6.43. The minimum Gasteiger partial charge on any atom is -0.508 e. The topological polar surface area (TPSA) is 119 Å². The van der Waals surface area contributed by atoms with Crippen LogP contribution >= 0.6 is 0 Å². The molecular weight excluding hydrogens is 594 g/mol. The first-order valence-corrected chi connectivity index (χ1v) is 15.6. The third-order valence-electron chi connectivity index (χ3n) is 9.90. The summed E-state index contributed by atoms with van der Waals surface area (Å²) in [5.41, 5.74) is 4.93. The van der Waals surface area contributed by atoms with Crippen molar-refractivity contribution in [1.82, 2.24) is 18.9 Å². The second-order valence-electron chi connectivity index (χ2n) is 12.4. The number of aromatic nitrogens is 3. The fourth-order valence-electron chi connectivity index (χ4n) is 7.85. The van der Waals surface area contributed by atoms with Gasteiger partial charge >= 0.3 is 11.4 Å². The number of amides is 2. The van der Waals surface area contributed by atoms with Gasteiger partial charge in [0.1, 0.15) is 5.75 Å². The van der Waals surface area contributed by atoms with E-state index in [1.807, 2.05) is 73.7 Å². The summed E-state index contributed by atoms with van der Waals surface area (Å²) in [7, 11) is 0. The van der Waals surface area contributed by atoms with Crippen molar-refractivity contribution in [2.75, 3.05) is 5.43 Å². The number of phenolic OH excluding ortho intramolecular Hbond substituents is 1. The van der Waals surface area contributed by atoms with Gasteiger partial charge in [0.25, 0.3) is 11.8 Å². The number of para-hydroxylation sites is 1. The molecule has 2 N–H and O–H groups in total. The van der Waals surface area contributed by atoms with Crippen LogP contribution < -0.4 is 16.8 Å². The van der Waals surface area contributed by atoms with E-state index in [9.17, 15) is 19.5 Å². The van der Waals surface area contributed by atoms with Crippen LogP contribution in [0.2, 0.25) is 0 Å². The molecule has 1 saturated carbocycles. The molecule has 8 rings (SSSR count). The lowest BCUT2D eigenvalue weighted by atomic mass is 9.53. The van der Waals surface area contributed by atoms with E-state index in [2.05, 4.69) is 5.43 Å². The van der Waals surface area contributed by atoms with Crippen molar-refractivity contribution >= 4 is 17.5 Å². The van der Waals surface area contributed by atoms with Crippen LogP contribution in [0.3, 0.4) is 0 Å². The normalized spacial score (nSPS) is 23.1. The van der Waals surface area contributed by atoms with E-state index in [1.165, 1.54) is 9.36 Å². The molecule has 10 nitrogen and oxygen atoms in total. The Labute approximate surface area is 269 Å². The number of hydrogen-bond donors (Lipinski definition) is 2. The second kappa shape index (κ2) is 10.6. The Morgan fingerprint density at radius 2 is 1.45 bits per heavy atom. The molecule has 1 aromatic heterocycles. The first kappa shape index (κ1) is 28.6. The molecule has 4 atom stereocenters. The van der Waals surface area contributed by atoms with Crippen LogP contribution in [0.15, 0.2) is 130 Å². The minimum atomic E-state index is -1.39. The molecule has 0 spiro atoms. The maximum Gasteiger partial charge on any atom is 0.352 e. The second-order valence-corrected chi connectivity index (χ2v) is 12.4. The zero-order valence-electron chi connectivity index (χ0n) is 25.5. The van der Waals surface area contributed by atoms with E-state index in [-0.39, 0.29) is 18.7 Å². The van der Waals surface area contributed by atoms with Crippen LogP contribution in [0.25, 0.3) is 5.69 Å². The first-order valence-electron chi connectivity index (χ1n) is 15.6. The van der Waals surface area contributed by atoms with Gasteiger partial charge in [-0.3, -0.25) is 15.0 Å². The van der Waals surface area contributed by atoms with Crippen molar-refractivity contribution in [2.24, 2.45) is 5.92 Å². The van der Waals surface area contributed by atoms with Crippen molar-refractivity contribution in [3.05, 3.63) is 159 Å². The molecular formula is C37H31N5O5. The molecule has 234 valence electrons. The molecule has 4 aromatic carbocycles. The molecule has 1 aliphatic carbocycles. The number of rotatable bonds is 5. The summed E-state index contributed by atoms with van der Waals surface area (Å²) in [6, 6.07) is 31.5. The van der Waals surface area contributed by atoms with Crippen molar-refractivity contribution in [3.8, 4) is 11.4 Å². The zero-order valence-corrected chi connectivity index (χ0v) is 25.5. The number of benzene rings is 4. The number of hydrogen-bond acceptors (Lipinski definition) is 6. The van der Waals surface area contributed by atoms with Gasteiger partial charge in [-0.1, -0.05) is 84.4 Å². The van der Waals surface area contributed by atoms with Gasteiger partial charge in [-0.2, -0.15) is 5.01 Å². The quantitative estimate of drug-likeness (QED) is 0.220. The highest BCUT2D eigenvalue weighted by Crippen LogP contribution is 2.61. The standard InChI is InChI=1S/C37H31N5O5/c1-23-12-16-26(17-13-23)38-41-33(44)30-22-31-29(20-21-39-35(46)40(36(47)42(31)39)27-10-6-3-7-11-27)32(24-14-18-28(43)19-15-24)37(30,34(41)45)25-8-4-2-5-9-25/h2-20,30-32,38,43H,21-22H2,1H3/t30-,31+,32-,37+/m0/s1. The smallest absolute Gasteiger partial charge is 0.352 e. The van der Waals surface area contributed by atoms with Gasteiger partial charge in [0.05, 0.1) is 35.3 Å². The Morgan fingerprint density at radius 1 is 0.787 bits per heavy atom. The lowest BCUT2D eigenvalue weighted by molar-refractivity contribution is -0.138. The maximum absolute atomic E-state index is 15.1. The average Bonchev–Trinajstić information content (AvgIpc) is 3.48. The van der Waals surface area contributed by atoms with Crippen LogP contribution in [0, 0.1) is 12.8 Å². The van der Waals surface area contributed by atoms with Gasteiger partial charge in [-0.15, -0.1) is 0 Å². The van der Waals surface area contributed by atoms with E-state index in [1.54, 1.807) is 48.5 Å². The average molecular weight is 626 g/mol. The largest absolute Gasteiger partial charge is 0.508 e. The number of allylic oxidation sites excluding steroid dienone is 2. The van der Waals surface area contributed by atoms with E-state index in [0.717, 1.165) is 20.7 Å². The summed E-state index contributed by atoms with van der Waals surface area (Å²) in [6.07, 6.45) is 2.04. The maximum atomic E-state index is 15.1. The van der Waals surface area contributed by atoms with Gasteiger partial charge < -0.3 is 5.11 Å².